The SMILES string of the molecule is COC(=O)[C@@H]1CCCN1C(=O)[C@@H](CCSC)N1C(=O)c2ccccc2C1=O. The first-order valence-corrected chi connectivity index (χ1v) is 10.2. The molecule has 1 aromatic rings. The molecule has 2 atom stereocenters. The van der Waals surface area contributed by atoms with Gasteiger partial charge in [0.25, 0.3) is 11.8 Å². The molecular weight excluding hydrogens is 368 g/mol. The number of nitrogens with zero attached hydrogens (tertiary/aromatic N) is 2. The Morgan fingerprint density at radius 1 is 1.22 bits per heavy atom. The van der Waals surface area contributed by atoms with Crippen molar-refractivity contribution >= 4 is 35.5 Å². The molecule has 0 bridgehead atoms. The molecule has 3 rings (SSSR count). The van der Waals surface area contributed by atoms with Crippen molar-refractivity contribution in [2.24, 2.45) is 0 Å². The van der Waals surface area contributed by atoms with E-state index in [2.05, 4.69) is 0 Å². The second-order valence-corrected chi connectivity index (χ2v) is 7.52. The number of carbonyl (C=O) groups is 4. The van der Waals surface area contributed by atoms with Gasteiger partial charge in [0.2, 0.25) is 5.91 Å². The fourth-order valence-corrected chi connectivity index (χ4v) is 4.15. The van der Waals surface area contributed by atoms with E-state index < -0.39 is 29.9 Å². The second-order valence-electron chi connectivity index (χ2n) is 6.54. The summed E-state index contributed by atoms with van der Waals surface area (Å²) in [4.78, 5) is 53.5. The molecule has 0 N–H and O–H groups in total. The highest BCUT2D eigenvalue weighted by atomic mass is 32.2. The van der Waals surface area contributed by atoms with Crippen LogP contribution in [-0.4, -0.2) is 71.2 Å². The first-order chi connectivity index (χ1) is 13.0. The molecule has 1 fully saturated rings. The lowest BCUT2D eigenvalue weighted by Crippen LogP contribution is -2.53. The Labute approximate surface area is 162 Å². The van der Waals surface area contributed by atoms with Gasteiger partial charge in [0.1, 0.15) is 12.1 Å². The normalized spacial score (nSPS) is 20.0. The van der Waals surface area contributed by atoms with Crippen LogP contribution in [0.3, 0.4) is 0 Å². The smallest absolute Gasteiger partial charge is 0.328 e. The number of thioether (sulfide) groups is 1. The molecule has 0 radical (unpaired) electrons. The molecule has 2 aliphatic rings. The molecule has 7 nitrogen and oxygen atoms in total. The standard InChI is InChI=1S/C19H22N2O5S/c1-26-19(25)15-8-5-10-20(15)18(24)14(9-11-27-2)21-16(22)12-6-3-4-7-13(12)17(21)23/h3-4,6-7,14-15H,5,8-11H2,1-2H3/t14-,15+/m1/s1. The van der Waals surface area contributed by atoms with Gasteiger partial charge in [0.15, 0.2) is 0 Å². The molecule has 0 saturated carbocycles. The van der Waals surface area contributed by atoms with Crippen LogP contribution in [0.1, 0.15) is 40.0 Å². The molecule has 1 aromatic carbocycles. The molecule has 144 valence electrons. The zero-order chi connectivity index (χ0) is 19.6. The van der Waals surface area contributed by atoms with Crippen LogP contribution in [0.2, 0.25) is 0 Å². The Morgan fingerprint density at radius 2 is 1.85 bits per heavy atom. The number of ether oxygens (including phenoxy) is 1. The molecule has 3 amide bonds. The Balaban J connectivity index is 1.91. The number of esters is 1. The van der Waals surface area contributed by atoms with Gasteiger partial charge in [-0.2, -0.15) is 11.8 Å². The van der Waals surface area contributed by atoms with Crippen molar-refractivity contribution in [1.82, 2.24) is 9.80 Å². The van der Waals surface area contributed by atoms with Crippen molar-refractivity contribution in [3.63, 3.8) is 0 Å². The van der Waals surface area contributed by atoms with Gasteiger partial charge >= 0.3 is 5.97 Å². The summed E-state index contributed by atoms with van der Waals surface area (Å²) in [6.45, 7) is 0.414. The molecule has 2 aliphatic heterocycles. The largest absolute Gasteiger partial charge is 0.467 e. The second kappa shape index (κ2) is 8.12. The fourth-order valence-electron chi connectivity index (χ4n) is 3.69. The van der Waals surface area contributed by atoms with Gasteiger partial charge in [-0.15, -0.1) is 0 Å². The Bertz CT molecular complexity index is 746. The quantitative estimate of drug-likeness (QED) is 0.542. The third-order valence-corrected chi connectivity index (χ3v) is 5.67. The third kappa shape index (κ3) is 3.45. The number of methoxy groups -OCH3 is 1. The number of rotatable bonds is 6. The van der Waals surface area contributed by atoms with Gasteiger partial charge in [-0.1, -0.05) is 12.1 Å². The Morgan fingerprint density at radius 3 is 2.41 bits per heavy atom. The number of amides is 3. The topological polar surface area (TPSA) is 84.0 Å². The van der Waals surface area contributed by atoms with Crippen LogP contribution in [0.4, 0.5) is 0 Å². The molecule has 0 unspecified atom stereocenters. The third-order valence-electron chi connectivity index (χ3n) is 5.03. The Hall–Kier alpha value is -2.35. The summed E-state index contributed by atoms with van der Waals surface area (Å²) in [5, 5.41) is 0. The van der Waals surface area contributed by atoms with Gasteiger partial charge in [-0.25, -0.2) is 4.79 Å². The number of hydrogen-bond acceptors (Lipinski definition) is 6. The number of likely N-dealkylation sites (tertiary alicyclic amines) is 1. The highest BCUT2D eigenvalue weighted by Crippen LogP contribution is 2.29. The zero-order valence-electron chi connectivity index (χ0n) is 15.3. The van der Waals surface area contributed by atoms with Crippen LogP contribution in [-0.2, 0) is 14.3 Å². The van der Waals surface area contributed by atoms with Crippen LogP contribution in [0, 0.1) is 0 Å². The van der Waals surface area contributed by atoms with Gasteiger partial charge in [0, 0.05) is 6.54 Å². The van der Waals surface area contributed by atoms with Crippen molar-refractivity contribution in [2.75, 3.05) is 25.7 Å². The lowest BCUT2D eigenvalue weighted by atomic mass is 10.1. The maximum Gasteiger partial charge on any atom is 0.328 e. The van der Waals surface area contributed by atoms with E-state index in [9.17, 15) is 19.2 Å². The van der Waals surface area contributed by atoms with Gasteiger partial charge in [-0.3, -0.25) is 19.3 Å². The van der Waals surface area contributed by atoms with Crippen molar-refractivity contribution in [3.05, 3.63) is 35.4 Å². The highest BCUT2D eigenvalue weighted by Gasteiger charge is 2.46. The number of benzene rings is 1. The van der Waals surface area contributed by atoms with Crippen molar-refractivity contribution < 1.29 is 23.9 Å². The number of imide groups is 1. The number of carbonyl (C=O) groups excluding carboxylic acids is 4. The van der Waals surface area contributed by atoms with E-state index >= 15 is 0 Å². The van der Waals surface area contributed by atoms with Crippen LogP contribution >= 0.6 is 11.8 Å². The average Bonchev–Trinajstić information content (AvgIpc) is 3.27. The van der Waals surface area contributed by atoms with Gasteiger partial charge in [0.05, 0.1) is 18.2 Å². The summed E-state index contributed by atoms with van der Waals surface area (Å²) >= 11 is 1.53. The van der Waals surface area contributed by atoms with Crippen molar-refractivity contribution in [1.29, 1.82) is 0 Å². The van der Waals surface area contributed by atoms with Gasteiger partial charge < -0.3 is 9.64 Å². The minimum Gasteiger partial charge on any atom is -0.467 e. The van der Waals surface area contributed by atoms with Crippen LogP contribution in [0.15, 0.2) is 24.3 Å². The number of hydrogen-bond donors (Lipinski definition) is 0. The predicted octanol–water partition coefficient (Wildman–Crippen LogP) is 1.57. The van der Waals surface area contributed by atoms with Crippen LogP contribution in [0.25, 0.3) is 0 Å². The summed E-state index contributed by atoms with van der Waals surface area (Å²) in [7, 11) is 1.29. The molecular formula is C19H22N2O5S. The minimum absolute atomic E-state index is 0.315. The van der Waals surface area contributed by atoms with Crippen molar-refractivity contribution in [3.8, 4) is 0 Å². The van der Waals surface area contributed by atoms with Crippen LogP contribution in [0.5, 0.6) is 0 Å². The van der Waals surface area contributed by atoms with E-state index in [1.54, 1.807) is 24.3 Å². The molecule has 2 heterocycles. The molecule has 0 aromatic heterocycles. The zero-order valence-corrected chi connectivity index (χ0v) is 16.2. The van der Waals surface area contributed by atoms with E-state index in [-0.39, 0.29) is 5.91 Å². The first-order valence-electron chi connectivity index (χ1n) is 8.85. The minimum atomic E-state index is -0.921. The van der Waals surface area contributed by atoms with E-state index in [0.29, 0.717) is 42.7 Å². The summed E-state index contributed by atoms with van der Waals surface area (Å²) in [6.07, 6.45) is 3.45. The van der Waals surface area contributed by atoms with E-state index in [1.165, 1.54) is 23.8 Å². The molecule has 27 heavy (non-hydrogen) atoms. The summed E-state index contributed by atoms with van der Waals surface area (Å²) in [5.74, 6) is -1.13. The Kier molecular flexibility index (Phi) is 5.84. The lowest BCUT2D eigenvalue weighted by molar-refractivity contribution is -0.152. The van der Waals surface area contributed by atoms with E-state index in [1.807, 2.05) is 6.26 Å². The predicted molar refractivity (Wildman–Crippen MR) is 100 cm³/mol. The monoisotopic (exact) mass is 390 g/mol. The average molecular weight is 390 g/mol. The fraction of sp³-hybridized carbons (Fsp3) is 0.474. The summed E-state index contributed by atoms with van der Waals surface area (Å²) in [6, 6.07) is 5.00. The molecule has 0 aliphatic carbocycles. The lowest BCUT2D eigenvalue weighted by Gasteiger charge is -2.31. The summed E-state index contributed by atoms with van der Waals surface area (Å²) in [5.41, 5.74) is 0.630. The number of fused-ring (bicyclic) bond motifs is 1. The maximum atomic E-state index is 13.3. The van der Waals surface area contributed by atoms with E-state index in [0.717, 1.165) is 4.90 Å². The van der Waals surface area contributed by atoms with E-state index in [4.69, 9.17) is 4.74 Å². The van der Waals surface area contributed by atoms with Crippen molar-refractivity contribution in [2.45, 2.75) is 31.3 Å². The molecule has 8 heteroatoms. The van der Waals surface area contributed by atoms with Gasteiger partial charge in [-0.05, 0) is 43.4 Å². The van der Waals surface area contributed by atoms with Crippen LogP contribution < -0.4 is 0 Å². The first kappa shape index (κ1) is 19.4. The highest BCUT2D eigenvalue weighted by molar-refractivity contribution is 7.98. The molecule has 0 spiro atoms. The summed E-state index contributed by atoms with van der Waals surface area (Å²) < 4.78 is 4.81. The molecule has 1 saturated heterocycles. The maximum absolute atomic E-state index is 13.3.